The van der Waals surface area contributed by atoms with E-state index < -0.39 is 11.8 Å². The number of halogens is 2. The van der Waals surface area contributed by atoms with Gasteiger partial charge in [-0.1, -0.05) is 23.7 Å². The van der Waals surface area contributed by atoms with Crippen molar-refractivity contribution < 1.29 is 23.4 Å². The van der Waals surface area contributed by atoms with Crippen molar-refractivity contribution >= 4 is 28.6 Å². The van der Waals surface area contributed by atoms with Crippen LogP contribution in [0.4, 0.5) is 4.39 Å². The van der Waals surface area contributed by atoms with Gasteiger partial charge in [0.25, 0.3) is 0 Å². The summed E-state index contributed by atoms with van der Waals surface area (Å²) in [6.07, 6.45) is 8.25. The average molecular weight is 587 g/mol. The number of oxazole rings is 1. The fraction of sp³-hybridized carbons (Fsp3) is 0.312. The molecule has 2 aliphatic rings. The van der Waals surface area contributed by atoms with Crippen molar-refractivity contribution in [3.05, 3.63) is 106 Å². The first-order valence-corrected chi connectivity index (χ1v) is 14.4. The fourth-order valence-corrected chi connectivity index (χ4v) is 6.62. The Morgan fingerprint density at radius 2 is 2.00 bits per heavy atom. The largest absolute Gasteiger partial charge is 0.478 e. The second-order valence-electron chi connectivity index (χ2n) is 11.4. The third kappa shape index (κ3) is 5.02. The van der Waals surface area contributed by atoms with E-state index in [2.05, 4.69) is 9.55 Å². The van der Waals surface area contributed by atoms with Crippen LogP contribution in [0.5, 0.6) is 5.88 Å². The zero-order chi connectivity index (χ0) is 28.8. The summed E-state index contributed by atoms with van der Waals surface area (Å²) in [7, 11) is 0. The van der Waals surface area contributed by atoms with E-state index >= 15 is 0 Å². The van der Waals surface area contributed by atoms with Gasteiger partial charge in [0.1, 0.15) is 24.0 Å². The third-order valence-electron chi connectivity index (χ3n) is 8.86. The molecule has 2 aromatic carbocycles. The Labute approximate surface area is 246 Å². The molecule has 10 heteroatoms. The number of nitrogens with zero attached hydrogens (tertiary/aromatic N) is 4. The summed E-state index contributed by atoms with van der Waals surface area (Å²) in [5.41, 5.74) is 3.40. The minimum atomic E-state index is -0.965. The predicted molar refractivity (Wildman–Crippen MR) is 153 cm³/mol. The van der Waals surface area contributed by atoms with Crippen molar-refractivity contribution in [3.63, 3.8) is 0 Å². The van der Waals surface area contributed by atoms with Gasteiger partial charge in [-0.2, -0.15) is 0 Å². The summed E-state index contributed by atoms with van der Waals surface area (Å²) in [5, 5.41) is 9.92. The molecule has 0 saturated heterocycles. The Balaban J connectivity index is 1.06. The van der Waals surface area contributed by atoms with E-state index in [0.717, 1.165) is 54.7 Å². The molecule has 8 nitrogen and oxygen atoms in total. The topological polar surface area (TPSA) is 103 Å². The maximum Gasteiger partial charge on any atom is 0.335 e. The Kier molecular flexibility index (Phi) is 6.69. The van der Waals surface area contributed by atoms with Gasteiger partial charge in [0, 0.05) is 34.2 Å². The molecule has 2 saturated carbocycles. The van der Waals surface area contributed by atoms with Gasteiger partial charge in [-0.05, 0) is 73.9 Å². The van der Waals surface area contributed by atoms with E-state index in [1.54, 1.807) is 42.6 Å². The molecule has 3 heterocycles. The molecule has 5 aromatic rings. The lowest BCUT2D eigenvalue weighted by Crippen LogP contribution is -2.18. The lowest BCUT2D eigenvalue weighted by atomic mass is 9.77. The number of hydrogen-bond acceptors (Lipinski definition) is 6. The summed E-state index contributed by atoms with van der Waals surface area (Å²) in [6, 6.07) is 15.4. The van der Waals surface area contributed by atoms with Crippen molar-refractivity contribution in [3.8, 4) is 5.88 Å². The first-order valence-electron chi connectivity index (χ1n) is 14.0. The zero-order valence-electron chi connectivity index (χ0n) is 22.7. The van der Waals surface area contributed by atoms with Gasteiger partial charge in [-0.3, -0.25) is 0 Å². The maximum atomic E-state index is 14.2. The molecule has 1 N–H and O–H groups in total. The highest BCUT2D eigenvalue weighted by Gasteiger charge is 2.57. The maximum absolute atomic E-state index is 14.2. The van der Waals surface area contributed by atoms with E-state index in [1.807, 2.05) is 12.1 Å². The van der Waals surface area contributed by atoms with Crippen LogP contribution in [0, 0.1) is 11.2 Å². The van der Waals surface area contributed by atoms with Crippen molar-refractivity contribution in [2.45, 2.75) is 57.1 Å². The van der Waals surface area contributed by atoms with Crippen LogP contribution in [0.1, 0.15) is 77.1 Å². The fourth-order valence-electron chi connectivity index (χ4n) is 6.47. The Morgan fingerprint density at radius 1 is 1.14 bits per heavy atom. The molecule has 2 fully saturated rings. The number of rotatable bonds is 8. The number of carboxylic acids is 1. The standard InChI is InChI=1S/C32H28ClFN4O4/c33-22-6-4-21(25(34)13-22)17-41-29-3-1-2-26(36-29)19-8-10-32(11-9-19)14-24(32)30-37-27-7-5-20(31(39)40)12-28(27)38(30)16-23-15-35-18-42-23/h1-7,12-13,15,18-19,24H,8-11,14,16-17H2,(H,39,40). The van der Waals surface area contributed by atoms with E-state index in [9.17, 15) is 14.3 Å². The van der Waals surface area contributed by atoms with Gasteiger partial charge < -0.3 is 18.8 Å². The molecule has 0 aliphatic heterocycles. The van der Waals surface area contributed by atoms with Gasteiger partial charge in [-0.25, -0.2) is 24.1 Å². The molecule has 214 valence electrons. The summed E-state index contributed by atoms with van der Waals surface area (Å²) >= 11 is 5.86. The van der Waals surface area contributed by atoms with Crippen molar-refractivity contribution in [1.82, 2.24) is 19.5 Å². The molecular weight excluding hydrogens is 559 g/mol. The van der Waals surface area contributed by atoms with Gasteiger partial charge in [0.2, 0.25) is 5.88 Å². The van der Waals surface area contributed by atoms with Gasteiger partial charge >= 0.3 is 5.97 Å². The van der Waals surface area contributed by atoms with Gasteiger partial charge in [0.05, 0.1) is 29.3 Å². The minimum absolute atomic E-state index is 0.0813. The van der Waals surface area contributed by atoms with Crippen molar-refractivity contribution in [2.24, 2.45) is 5.41 Å². The second-order valence-corrected chi connectivity index (χ2v) is 11.8. The lowest BCUT2D eigenvalue weighted by Gasteiger charge is -2.29. The number of carboxylic acid groups (broad SMARTS) is 1. The van der Waals surface area contributed by atoms with E-state index in [1.165, 1.54) is 12.5 Å². The van der Waals surface area contributed by atoms with Crippen molar-refractivity contribution in [1.29, 1.82) is 0 Å². The highest BCUT2D eigenvalue weighted by molar-refractivity contribution is 6.30. The number of hydrogen-bond donors (Lipinski definition) is 1. The number of aromatic nitrogens is 4. The summed E-state index contributed by atoms with van der Waals surface area (Å²) in [6.45, 7) is 0.526. The summed E-state index contributed by atoms with van der Waals surface area (Å²) < 4.78 is 27.6. The van der Waals surface area contributed by atoms with E-state index in [4.69, 9.17) is 30.7 Å². The van der Waals surface area contributed by atoms with Crippen LogP contribution < -0.4 is 4.74 Å². The first-order chi connectivity index (χ1) is 20.4. The molecule has 2 aliphatic carbocycles. The quantitative estimate of drug-likeness (QED) is 0.202. The van der Waals surface area contributed by atoms with E-state index in [0.29, 0.717) is 40.6 Å². The van der Waals surface area contributed by atoms with Gasteiger partial charge in [-0.15, -0.1) is 0 Å². The van der Waals surface area contributed by atoms with Crippen LogP contribution in [0.2, 0.25) is 5.02 Å². The van der Waals surface area contributed by atoms with Crippen molar-refractivity contribution in [2.75, 3.05) is 0 Å². The van der Waals surface area contributed by atoms with Crippen LogP contribution in [0.25, 0.3) is 11.0 Å². The predicted octanol–water partition coefficient (Wildman–Crippen LogP) is 7.37. The highest BCUT2D eigenvalue weighted by atomic mass is 35.5. The monoisotopic (exact) mass is 586 g/mol. The van der Waals surface area contributed by atoms with Crippen LogP contribution >= 0.6 is 11.6 Å². The van der Waals surface area contributed by atoms with Crippen LogP contribution in [-0.4, -0.2) is 30.6 Å². The number of fused-ring (bicyclic) bond motifs is 1. The molecule has 0 bridgehead atoms. The molecule has 3 aromatic heterocycles. The normalized spacial score (nSPS) is 21.6. The molecular formula is C32H28ClFN4O4. The number of aromatic carboxylic acids is 1. The molecule has 1 atom stereocenters. The molecule has 1 unspecified atom stereocenters. The number of ether oxygens (including phenoxy) is 1. The Morgan fingerprint density at radius 3 is 2.76 bits per heavy atom. The van der Waals surface area contributed by atoms with E-state index in [-0.39, 0.29) is 17.6 Å². The average Bonchev–Trinajstić information content (AvgIpc) is 3.29. The van der Waals surface area contributed by atoms with Gasteiger partial charge in [0.15, 0.2) is 6.39 Å². The van der Waals surface area contributed by atoms with Crippen LogP contribution in [0.3, 0.4) is 0 Å². The summed E-state index contributed by atoms with van der Waals surface area (Å²) in [5.74, 6) is 1.40. The lowest BCUT2D eigenvalue weighted by molar-refractivity contribution is 0.0697. The molecule has 0 radical (unpaired) electrons. The first kappa shape index (κ1) is 26.6. The minimum Gasteiger partial charge on any atom is -0.478 e. The summed E-state index contributed by atoms with van der Waals surface area (Å²) in [4.78, 5) is 25.5. The number of carbonyl (C=O) groups is 1. The number of benzene rings is 2. The molecule has 1 spiro atoms. The Hall–Kier alpha value is -4.24. The third-order valence-corrected chi connectivity index (χ3v) is 9.09. The van der Waals surface area contributed by atoms with Crippen LogP contribution in [0.15, 0.2) is 71.6 Å². The Bertz CT molecular complexity index is 1780. The molecule has 7 rings (SSSR count). The number of imidazole rings is 1. The SMILES string of the molecule is O=C(O)c1ccc2nc(C3CC34CCC(c3cccc(OCc5ccc(Cl)cc5F)n3)CC4)n(Cc3cnco3)c2c1. The molecule has 0 amide bonds. The highest BCUT2D eigenvalue weighted by Crippen LogP contribution is 2.67. The second kappa shape index (κ2) is 10.5. The zero-order valence-corrected chi connectivity index (χ0v) is 23.4. The van der Waals surface area contributed by atoms with Crippen LogP contribution in [-0.2, 0) is 13.2 Å². The molecule has 42 heavy (non-hydrogen) atoms. The number of pyridine rings is 1. The smallest absolute Gasteiger partial charge is 0.335 e.